The molecule has 0 saturated carbocycles. The fraction of sp³-hybridized carbons (Fsp3) is 0.500. The maximum Gasteiger partial charge on any atom is 0 e. The molecule has 3 radical (unpaired) electrons. The van der Waals surface area contributed by atoms with E-state index in [2.05, 4.69) is 23.0 Å². The van der Waals surface area contributed by atoms with Crippen molar-refractivity contribution in [2.24, 2.45) is 0 Å². The predicted octanol–water partition coefficient (Wildman–Crippen LogP) is -0.603. The topological polar surface area (TPSA) is 39.3 Å². The van der Waals surface area contributed by atoms with Crippen molar-refractivity contribution in [3.05, 3.63) is 19.9 Å². The van der Waals surface area contributed by atoms with Crippen LogP contribution in [0.4, 0.5) is 0 Å². The molecular weight excluding hydrogens is 395 g/mol. The second-order valence-corrected chi connectivity index (χ2v) is 2.30. The number of rotatable bonds is 0. The molecule has 1 rings (SSSR count). The molecule has 0 spiro atoms. The number of nitrogens with one attached hydrogen (secondary N) is 3. The zero-order chi connectivity index (χ0) is 7.40. The summed E-state index contributed by atoms with van der Waals surface area (Å²) in [5.74, 6) is 0. The van der Waals surface area contributed by atoms with E-state index < -0.39 is 0 Å². The Morgan fingerprint density at radius 2 is 1.85 bits per heavy atom. The summed E-state index contributed by atoms with van der Waals surface area (Å²) >= 11 is 0. The molecule has 1 saturated heterocycles. The predicted molar refractivity (Wildman–Crippen MR) is 39.5 cm³/mol. The van der Waals surface area contributed by atoms with Gasteiger partial charge in [-0.1, -0.05) is 6.92 Å². The Morgan fingerprint density at radius 3 is 2.46 bits per heavy atom. The van der Waals surface area contributed by atoms with E-state index in [1.54, 1.807) is 6.67 Å². The van der Waals surface area contributed by atoms with Crippen LogP contribution in [-0.2, 0) is 98.1 Å². The number of hydrogen-bond donors (Lipinski definition) is 3. The average Bonchev–Trinajstić information content (AvgIpc) is 1.84. The van der Waals surface area contributed by atoms with Gasteiger partial charge in [-0.2, -0.15) is 6.67 Å². The van der Waals surface area contributed by atoms with Gasteiger partial charge in [-0.05, 0) is 7.05 Å². The van der Waals surface area contributed by atoms with Crippen LogP contribution in [0.3, 0.4) is 0 Å². The Kier molecular flexibility index (Phi) is 21.8. The molecule has 0 aromatic carbocycles. The van der Waals surface area contributed by atoms with Crippen molar-refractivity contribution in [3.8, 4) is 0 Å². The molecule has 0 bridgehead atoms. The molecular formula is C6H13N4Y3-3. The quantitative estimate of drug-likeness (QED) is 0.469. The van der Waals surface area contributed by atoms with Gasteiger partial charge in [0.1, 0.15) is 0 Å². The summed E-state index contributed by atoms with van der Waals surface area (Å²) in [6.07, 6.45) is 0. The number of nitrogens with zero attached hydrogens (tertiary/aromatic N) is 1. The molecule has 1 unspecified atom stereocenters. The summed E-state index contributed by atoms with van der Waals surface area (Å²) < 4.78 is 0. The SMILES string of the molecule is CC1[CH-]N[CH-]N(C)N[CH-]N1.[Y].[Y].[Y]. The third kappa shape index (κ3) is 11.4. The van der Waals surface area contributed by atoms with Gasteiger partial charge in [0.2, 0.25) is 0 Å². The third-order valence-electron chi connectivity index (χ3n) is 1.23. The largest absolute Gasteiger partial charge is 0.605 e. The maximum atomic E-state index is 3.10. The normalized spacial score (nSPS) is 24.0. The van der Waals surface area contributed by atoms with Gasteiger partial charge in [0, 0.05) is 98.1 Å². The minimum absolute atomic E-state index is 0. The van der Waals surface area contributed by atoms with Crippen molar-refractivity contribution >= 4 is 0 Å². The molecule has 0 aliphatic carbocycles. The van der Waals surface area contributed by atoms with Crippen LogP contribution in [0.25, 0.3) is 0 Å². The minimum atomic E-state index is 0. The Bertz CT molecular complexity index is 85.9. The van der Waals surface area contributed by atoms with E-state index in [0.29, 0.717) is 6.04 Å². The summed E-state index contributed by atoms with van der Waals surface area (Å²) in [6.45, 7) is 7.67. The van der Waals surface area contributed by atoms with Crippen molar-refractivity contribution < 1.29 is 98.1 Å². The summed E-state index contributed by atoms with van der Waals surface area (Å²) in [7, 11) is 1.91. The molecule has 0 aromatic heterocycles. The molecule has 4 nitrogen and oxygen atoms in total. The summed E-state index contributed by atoms with van der Waals surface area (Å²) in [5, 5.41) is 7.93. The Labute approximate surface area is 156 Å². The van der Waals surface area contributed by atoms with Gasteiger partial charge in [0.05, 0.1) is 0 Å². The molecule has 1 heterocycles. The Hall–Kier alpha value is 3.15. The second kappa shape index (κ2) is 13.2. The van der Waals surface area contributed by atoms with Crippen LogP contribution in [0, 0.1) is 19.9 Å². The van der Waals surface area contributed by atoms with E-state index >= 15 is 0 Å². The zero-order valence-corrected chi connectivity index (χ0v) is 16.5. The van der Waals surface area contributed by atoms with Crippen molar-refractivity contribution in [2.75, 3.05) is 7.05 Å². The summed E-state index contributed by atoms with van der Waals surface area (Å²) in [4.78, 5) is 0. The van der Waals surface area contributed by atoms with Gasteiger partial charge < -0.3 is 21.1 Å². The van der Waals surface area contributed by atoms with E-state index in [-0.39, 0.29) is 98.1 Å². The molecule has 1 aliphatic heterocycles. The van der Waals surface area contributed by atoms with Gasteiger partial charge in [-0.3, -0.25) is 6.54 Å². The van der Waals surface area contributed by atoms with Crippen LogP contribution in [0.2, 0.25) is 0 Å². The van der Waals surface area contributed by atoms with E-state index in [0.717, 1.165) is 0 Å². The van der Waals surface area contributed by atoms with Gasteiger partial charge >= 0.3 is 0 Å². The fourth-order valence-corrected chi connectivity index (χ4v) is 0.655. The van der Waals surface area contributed by atoms with Crippen molar-refractivity contribution in [1.82, 2.24) is 21.1 Å². The van der Waals surface area contributed by atoms with Crippen LogP contribution in [0.15, 0.2) is 0 Å². The van der Waals surface area contributed by atoms with Gasteiger partial charge in [0.15, 0.2) is 0 Å². The minimum Gasteiger partial charge on any atom is -0.605 e. The van der Waals surface area contributed by atoms with Crippen LogP contribution in [0.1, 0.15) is 6.92 Å². The average molecular weight is 408 g/mol. The molecule has 1 aliphatic rings. The second-order valence-electron chi connectivity index (χ2n) is 2.30. The first-order chi connectivity index (χ1) is 4.79. The van der Waals surface area contributed by atoms with Gasteiger partial charge in [-0.15, -0.1) is 6.04 Å². The smallest absolute Gasteiger partial charge is 0 e. The van der Waals surface area contributed by atoms with E-state index in [1.807, 2.05) is 25.3 Å². The first-order valence-electron chi connectivity index (χ1n) is 3.28. The van der Waals surface area contributed by atoms with Crippen LogP contribution >= 0.6 is 0 Å². The standard InChI is InChI=1S/C6H13N4.3Y/c1-6-3-7-5-10(2)9-4-8-6;;;/h3-9H,1-2H3;;;/q-3;;;. The van der Waals surface area contributed by atoms with Crippen molar-refractivity contribution in [3.63, 3.8) is 0 Å². The molecule has 69 valence electrons. The van der Waals surface area contributed by atoms with Crippen LogP contribution in [-0.4, -0.2) is 18.1 Å². The van der Waals surface area contributed by atoms with Crippen LogP contribution < -0.4 is 16.1 Å². The van der Waals surface area contributed by atoms with Crippen molar-refractivity contribution in [1.29, 1.82) is 0 Å². The fourth-order valence-electron chi connectivity index (χ4n) is 0.655. The Morgan fingerprint density at radius 1 is 1.23 bits per heavy atom. The van der Waals surface area contributed by atoms with E-state index in [4.69, 9.17) is 0 Å². The molecule has 1 fully saturated rings. The van der Waals surface area contributed by atoms with E-state index in [9.17, 15) is 0 Å². The molecule has 0 amide bonds. The van der Waals surface area contributed by atoms with Crippen molar-refractivity contribution in [2.45, 2.75) is 13.0 Å². The molecule has 1 atom stereocenters. The first kappa shape index (κ1) is 21.4. The summed E-state index contributed by atoms with van der Waals surface area (Å²) in [6, 6.07) is 0.345. The molecule has 3 N–H and O–H groups in total. The molecule has 0 aromatic rings. The number of hydrazine groups is 1. The Balaban J connectivity index is -0.000000333. The van der Waals surface area contributed by atoms with Gasteiger partial charge in [-0.25, -0.2) is 6.67 Å². The molecule has 7 heteroatoms. The van der Waals surface area contributed by atoms with Gasteiger partial charge in [0.25, 0.3) is 0 Å². The third-order valence-corrected chi connectivity index (χ3v) is 1.23. The monoisotopic (exact) mass is 408 g/mol. The number of hydrogen-bond acceptors (Lipinski definition) is 4. The maximum absolute atomic E-state index is 3.10. The zero-order valence-electron chi connectivity index (χ0n) is 7.99. The summed E-state index contributed by atoms with van der Waals surface area (Å²) in [5.41, 5.74) is 2.97. The van der Waals surface area contributed by atoms with E-state index in [1.165, 1.54) is 0 Å². The van der Waals surface area contributed by atoms with Crippen LogP contribution in [0.5, 0.6) is 0 Å². The molecule has 13 heavy (non-hydrogen) atoms. The first-order valence-corrected chi connectivity index (χ1v) is 3.28.